The van der Waals surface area contributed by atoms with E-state index in [-0.39, 0.29) is 5.75 Å². The van der Waals surface area contributed by atoms with Crippen LogP contribution in [0.3, 0.4) is 0 Å². The van der Waals surface area contributed by atoms with Crippen LogP contribution in [-0.2, 0) is 0 Å². The molecule has 0 aliphatic rings. The second-order valence-corrected chi connectivity index (χ2v) is 5.40. The van der Waals surface area contributed by atoms with Gasteiger partial charge in [0.05, 0.1) is 5.56 Å². The Labute approximate surface area is 142 Å². The fourth-order valence-corrected chi connectivity index (χ4v) is 2.50. The maximum absolute atomic E-state index is 10.3. The van der Waals surface area contributed by atoms with E-state index in [4.69, 9.17) is 9.47 Å². The van der Waals surface area contributed by atoms with E-state index in [1.54, 1.807) is 12.1 Å². The predicted octanol–water partition coefficient (Wildman–Crippen LogP) is 5.25. The first-order valence-electron chi connectivity index (χ1n) is 8.03. The minimum absolute atomic E-state index is 0.188. The van der Waals surface area contributed by atoms with Crippen LogP contribution in [0.1, 0.15) is 13.3 Å². The molecule has 1 unspecified atom stereocenters. The van der Waals surface area contributed by atoms with Gasteiger partial charge in [-0.2, -0.15) is 0 Å². The lowest BCUT2D eigenvalue weighted by atomic mass is 10.0. The number of hydrogen-bond donors (Lipinski definition) is 1. The highest BCUT2D eigenvalue weighted by molar-refractivity contribution is 5.76. The zero-order chi connectivity index (χ0) is 16.8. The molecule has 3 rings (SSSR count). The molecule has 3 nitrogen and oxygen atoms in total. The molecule has 1 N–H and O–H groups in total. The van der Waals surface area contributed by atoms with Gasteiger partial charge in [-0.1, -0.05) is 61.5 Å². The average Bonchev–Trinajstić information content (AvgIpc) is 2.63. The summed E-state index contributed by atoms with van der Waals surface area (Å²) < 4.78 is 11.9. The molecule has 3 aromatic rings. The van der Waals surface area contributed by atoms with Crippen LogP contribution >= 0.6 is 0 Å². The second-order valence-electron chi connectivity index (χ2n) is 5.40. The third-order valence-electron chi connectivity index (χ3n) is 3.67. The number of ether oxygens (including phenoxy) is 2. The smallest absolute Gasteiger partial charge is 0.240 e. The molecule has 0 aliphatic heterocycles. The molecule has 0 fully saturated rings. The van der Waals surface area contributed by atoms with Gasteiger partial charge < -0.3 is 14.6 Å². The SMILES string of the molecule is CCC(Oc1ccccc1)Oc1cccc(O)c1-c1ccccc1. The van der Waals surface area contributed by atoms with Crippen LogP contribution in [0.2, 0.25) is 0 Å². The highest BCUT2D eigenvalue weighted by Crippen LogP contribution is 2.38. The molecule has 0 radical (unpaired) electrons. The van der Waals surface area contributed by atoms with Crippen LogP contribution in [-0.4, -0.2) is 11.4 Å². The monoisotopic (exact) mass is 320 g/mol. The Hall–Kier alpha value is -2.94. The van der Waals surface area contributed by atoms with Gasteiger partial charge in [-0.3, -0.25) is 0 Å². The van der Waals surface area contributed by atoms with Crippen molar-refractivity contribution in [2.45, 2.75) is 19.6 Å². The molecule has 0 spiro atoms. The third-order valence-corrected chi connectivity index (χ3v) is 3.67. The summed E-state index contributed by atoms with van der Waals surface area (Å²) in [4.78, 5) is 0. The molecule has 3 aromatic carbocycles. The number of rotatable bonds is 6. The van der Waals surface area contributed by atoms with Gasteiger partial charge in [-0.25, -0.2) is 0 Å². The van der Waals surface area contributed by atoms with Gasteiger partial charge in [0, 0.05) is 6.42 Å². The number of aromatic hydroxyl groups is 1. The maximum atomic E-state index is 10.3. The highest BCUT2D eigenvalue weighted by Gasteiger charge is 2.16. The third kappa shape index (κ3) is 3.69. The van der Waals surface area contributed by atoms with Crippen LogP contribution in [0.25, 0.3) is 11.1 Å². The lowest BCUT2D eigenvalue weighted by Gasteiger charge is -2.21. The standard InChI is InChI=1S/C21H20O3/c1-2-20(23-17-12-7-4-8-13-17)24-19-15-9-14-18(22)21(19)16-10-5-3-6-11-16/h3-15,20,22H,2H2,1H3. The van der Waals surface area contributed by atoms with Crippen LogP contribution in [0.15, 0.2) is 78.9 Å². The van der Waals surface area contributed by atoms with Gasteiger partial charge in [-0.15, -0.1) is 0 Å². The van der Waals surface area contributed by atoms with Crippen molar-refractivity contribution >= 4 is 0 Å². The molecule has 122 valence electrons. The number of phenols is 1. The normalized spacial score (nSPS) is 11.7. The number of phenolic OH excluding ortho intramolecular Hbond substituents is 1. The molecule has 0 saturated heterocycles. The summed E-state index contributed by atoms with van der Waals surface area (Å²) in [5.41, 5.74) is 1.58. The van der Waals surface area contributed by atoms with E-state index in [2.05, 4.69) is 0 Å². The van der Waals surface area contributed by atoms with E-state index in [1.807, 2.05) is 73.7 Å². The Kier molecular flexibility index (Phi) is 5.02. The van der Waals surface area contributed by atoms with Crippen molar-refractivity contribution in [2.75, 3.05) is 0 Å². The fraction of sp³-hybridized carbons (Fsp3) is 0.143. The van der Waals surface area contributed by atoms with E-state index in [0.717, 1.165) is 11.3 Å². The Morgan fingerprint density at radius 2 is 1.46 bits per heavy atom. The van der Waals surface area contributed by atoms with E-state index in [0.29, 0.717) is 17.7 Å². The topological polar surface area (TPSA) is 38.7 Å². The maximum Gasteiger partial charge on any atom is 0.240 e. The molecule has 0 aliphatic carbocycles. The summed E-state index contributed by atoms with van der Waals surface area (Å²) >= 11 is 0. The molecule has 0 heterocycles. The van der Waals surface area contributed by atoms with Crippen LogP contribution < -0.4 is 9.47 Å². The number of benzene rings is 3. The van der Waals surface area contributed by atoms with Crippen LogP contribution in [0, 0.1) is 0 Å². The van der Waals surface area contributed by atoms with Crippen molar-refractivity contribution in [2.24, 2.45) is 0 Å². The van der Waals surface area contributed by atoms with Crippen LogP contribution in [0.4, 0.5) is 0 Å². The van der Waals surface area contributed by atoms with E-state index >= 15 is 0 Å². The Morgan fingerprint density at radius 1 is 0.792 bits per heavy atom. The molecule has 3 heteroatoms. The van der Waals surface area contributed by atoms with E-state index < -0.39 is 6.29 Å². The summed E-state index contributed by atoms with van der Waals surface area (Å²) in [6, 6.07) is 24.6. The van der Waals surface area contributed by atoms with Crippen molar-refractivity contribution in [1.29, 1.82) is 0 Å². The number of hydrogen-bond acceptors (Lipinski definition) is 3. The first kappa shape index (κ1) is 15.9. The van der Waals surface area contributed by atoms with Crippen molar-refractivity contribution < 1.29 is 14.6 Å². The second kappa shape index (κ2) is 7.55. The van der Waals surface area contributed by atoms with E-state index in [9.17, 15) is 5.11 Å². The van der Waals surface area contributed by atoms with Gasteiger partial charge in [0.15, 0.2) is 0 Å². The molecular weight excluding hydrogens is 300 g/mol. The minimum Gasteiger partial charge on any atom is -0.507 e. The molecule has 0 saturated carbocycles. The molecule has 1 atom stereocenters. The summed E-state index contributed by atoms with van der Waals surface area (Å²) in [7, 11) is 0. The summed E-state index contributed by atoms with van der Waals surface area (Å²) in [6.45, 7) is 2.00. The van der Waals surface area contributed by atoms with Gasteiger partial charge in [-0.05, 0) is 29.8 Å². The van der Waals surface area contributed by atoms with Gasteiger partial charge >= 0.3 is 0 Å². The molecule has 0 amide bonds. The molecule has 0 aromatic heterocycles. The quantitative estimate of drug-likeness (QED) is 0.630. The fourth-order valence-electron chi connectivity index (χ4n) is 2.50. The summed E-state index contributed by atoms with van der Waals surface area (Å²) in [6.07, 6.45) is 0.246. The van der Waals surface area contributed by atoms with Crippen molar-refractivity contribution in [1.82, 2.24) is 0 Å². The van der Waals surface area contributed by atoms with E-state index in [1.165, 1.54) is 0 Å². The lowest BCUT2D eigenvalue weighted by molar-refractivity contribution is 0.00365. The number of para-hydroxylation sites is 1. The Morgan fingerprint density at radius 3 is 2.12 bits per heavy atom. The first-order valence-corrected chi connectivity index (χ1v) is 8.03. The zero-order valence-electron chi connectivity index (χ0n) is 13.6. The average molecular weight is 320 g/mol. The Bertz CT molecular complexity index is 770. The molecule has 0 bridgehead atoms. The highest BCUT2D eigenvalue weighted by atomic mass is 16.7. The van der Waals surface area contributed by atoms with Crippen molar-refractivity contribution in [3.63, 3.8) is 0 Å². The largest absolute Gasteiger partial charge is 0.507 e. The summed E-state index contributed by atoms with van der Waals surface area (Å²) in [5.74, 6) is 1.54. The zero-order valence-corrected chi connectivity index (χ0v) is 13.6. The first-order chi connectivity index (χ1) is 11.8. The van der Waals surface area contributed by atoms with Gasteiger partial charge in [0.1, 0.15) is 17.2 Å². The Balaban J connectivity index is 1.88. The van der Waals surface area contributed by atoms with Crippen LogP contribution in [0.5, 0.6) is 17.2 Å². The molecular formula is C21H20O3. The van der Waals surface area contributed by atoms with Crippen molar-refractivity contribution in [3.05, 3.63) is 78.9 Å². The van der Waals surface area contributed by atoms with Crippen molar-refractivity contribution in [3.8, 4) is 28.4 Å². The predicted molar refractivity (Wildman–Crippen MR) is 95.3 cm³/mol. The lowest BCUT2D eigenvalue weighted by Crippen LogP contribution is -2.23. The van der Waals surface area contributed by atoms with Gasteiger partial charge in [0.2, 0.25) is 6.29 Å². The van der Waals surface area contributed by atoms with Gasteiger partial charge in [0.25, 0.3) is 0 Å². The summed E-state index contributed by atoms with van der Waals surface area (Å²) in [5, 5.41) is 10.3. The minimum atomic E-state index is -0.434. The molecule has 24 heavy (non-hydrogen) atoms.